The van der Waals surface area contributed by atoms with Gasteiger partial charge in [0.2, 0.25) is 5.91 Å². The van der Waals surface area contributed by atoms with Gasteiger partial charge in [-0.25, -0.2) is 4.39 Å². The van der Waals surface area contributed by atoms with Crippen molar-refractivity contribution in [3.63, 3.8) is 0 Å². The Balaban J connectivity index is 2.44. The maximum absolute atomic E-state index is 13.7. The molecule has 1 unspecified atom stereocenters. The minimum atomic E-state index is -0.526. The summed E-state index contributed by atoms with van der Waals surface area (Å²) in [7, 11) is 0. The Morgan fingerprint density at radius 1 is 1.56 bits per heavy atom. The summed E-state index contributed by atoms with van der Waals surface area (Å²) in [6.07, 6.45) is 0.228. The molecule has 1 aromatic rings. The molecule has 0 radical (unpaired) electrons. The van der Waals surface area contributed by atoms with Crippen LogP contribution in [-0.2, 0) is 4.79 Å². The number of carbonyl (C=O) groups is 1. The molecule has 1 aromatic carbocycles. The Morgan fingerprint density at radius 3 is 2.75 bits per heavy atom. The maximum Gasteiger partial charge on any atom is 0.228 e. The highest BCUT2D eigenvalue weighted by molar-refractivity contribution is 9.10. The van der Waals surface area contributed by atoms with Gasteiger partial charge >= 0.3 is 0 Å². The van der Waals surface area contributed by atoms with Crippen LogP contribution >= 0.6 is 27.5 Å². The average Bonchev–Trinajstić information content (AvgIpc) is 2.43. The molecule has 1 aliphatic rings. The summed E-state index contributed by atoms with van der Waals surface area (Å²) in [6.45, 7) is 0.303. The Labute approximate surface area is 105 Å². The van der Waals surface area contributed by atoms with Crippen LogP contribution < -0.4 is 10.6 Å². The van der Waals surface area contributed by atoms with Gasteiger partial charge in [-0.15, -0.1) is 0 Å². The zero-order valence-electron chi connectivity index (χ0n) is 8.21. The molecule has 1 saturated heterocycles. The molecule has 2 rings (SSSR count). The van der Waals surface area contributed by atoms with E-state index in [4.69, 9.17) is 17.3 Å². The summed E-state index contributed by atoms with van der Waals surface area (Å²) in [5.74, 6) is -0.725. The second-order valence-corrected chi connectivity index (χ2v) is 5.01. The first-order valence-electron chi connectivity index (χ1n) is 4.69. The third kappa shape index (κ3) is 2.07. The van der Waals surface area contributed by atoms with Gasteiger partial charge in [-0.05, 0) is 12.1 Å². The molecule has 1 fully saturated rings. The van der Waals surface area contributed by atoms with Crippen molar-refractivity contribution in [2.45, 2.75) is 12.5 Å². The van der Waals surface area contributed by atoms with E-state index in [9.17, 15) is 9.18 Å². The van der Waals surface area contributed by atoms with Crippen molar-refractivity contribution in [1.82, 2.24) is 0 Å². The van der Waals surface area contributed by atoms with Gasteiger partial charge in [0, 0.05) is 23.5 Å². The van der Waals surface area contributed by atoms with Crippen molar-refractivity contribution in [3.05, 3.63) is 27.4 Å². The second-order valence-electron chi connectivity index (χ2n) is 3.69. The third-order valence-corrected chi connectivity index (χ3v) is 3.15. The molecule has 2 N–H and O–H groups in total. The number of halogens is 3. The standard InChI is InChI=1S/C10H9BrClFN2O/c11-5-1-7(12)10(8(13)2-5)15-4-6(14)3-9(15)16/h1-2,6H,3-4,14H2. The van der Waals surface area contributed by atoms with Gasteiger partial charge in [-0.2, -0.15) is 0 Å². The SMILES string of the molecule is NC1CC(=O)N(c2c(F)cc(Br)cc2Cl)C1. The second kappa shape index (κ2) is 4.31. The Morgan fingerprint density at radius 2 is 2.25 bits per heavy atom. The number of rotatable bonds is 1. The van der Waals surface area contributed by atoms with E-state index in [1.807, 2.05) is 0 Å². The van der Waals surface area contributed by atoms with Crippen LogP contribution in [0.15, 0.2) is 16.6 Å². The molecule has 6 heteroatoms. The van der Waals surface area contributed by atoms with Crippen LogP contribution in [0.25, 0.3) is 0 Å². The zero-order valence-corrected chi connectivity index (χ0v) is 10.6. The summed E-state index contributed by atoms with van der Waals surface area (Å²) < 4.78 is 14.3. The lowest BCUT2D eigenvalue weighted by Crippen LogP contribution is -2.29. The zero-order chi connectivity index (χ0) is 11.9. The minimum Gasteiger partial charge on any atom is -0.326 e. The van der Waals surface area contributed by atoms with Crippen LogP contribution in [0.1, 0.15) is 6.42 Å². The molecule has 1 atom stereocenters. The highest BCUT2D eigenvalue weighted by Gasteiger charge is 2.31. The summed E-state index contributed by atoms with van der Waals surface area (Å²) >= 11 is 9.05. The molecule has 1 heterocycles. The van der Waals surface area contributed by atoms with E-state index in [1.165, 1.54) is 11.0 Å². The number of anilines is 1. The quantitative estimate of drug-likeness (QED) is 0.865. The van der Waals surface area contributed by atoms with Crippen molar-refractivity contribution in [2.24, 2.45) is 5.73 Å². The molecule has 0 aromatic heterocycles. The lowest BCUT2D eigenvalue weighted by Gasteiger charge is -2.18. The van der Waals surface area contributed by atoms with E-state index >= 15 is 0 Å². The molecule has 86 valence electrons. The number of hydrogen-bond donors (Lipinski definition) is 1. The molecular formula is C10H9BrClFN2O. The summed E-state index contributed by atoms with van der Waals surface area (Å²) in [5.41, 5.74) is 5.76. The Hall–Kier alpha value is -0.650. The topological polar surface area (TPSA) is 46.3 Å². The molecule has 1 amide bonds. The van der Waals surface area contributed by atoms with E-state index in [-0.39, 0.29) is 29.1 Å². The van der Waals surface area contributed by atoms with Crippen LogP contribution in [0.5, 0.6) is 0 Å². The summed E-state index contributed by atoms with van der Waals surface area (Å²) in [5, 5.41) is 0.203. The number of benzene rings is 1. The van der Waals surface area contributed by atoms with Crippen molar-refractivity contribution in [1.29, 1.82) is 0 Å². The number of nitrogens with zero attached hydrogens (tertiary/aromatic N) is 1. The number of carbonyl (C=O) groups excluding carboxylic acids is 1. The van der Waals surface area contributed by atoms with Crippen LogP contribution in [0.2, 0.25) is 5.02 Å². The van der Waals surface area contributed by atoms with Crippen molar-refractivity contribution < 1.29 is 9.18 Å². The van der Waals surface area contributed by atoms with Gasteiger partial charge in [0.25, 0.3) is 0 Å². The monoisotopic (exact) mass is 306 g/mol. The fourth-order valence-corrected chi connectivity index (χ4v) is 2.62. The Kier molecular flexibility index (Phi) is 3.19. The van der Waals surface area contributed by atoms with Crippen molar-refractivity contribution >= 4 is 39.1 Å². The highest BCUT2D eigenvalue weighted by Crippen LogP contribution is 2.34. The van der Waals surface area contributed by atoms with E-state index in [0.717, 1.165) is 0 Å². The highest BCUT2D eigenvalue weighted by atomic mass is 79.9. The first-order chi connectivity index (χ1) is 7.49. The molecule has 0 bridgehead atoms. The maximum atomic E-state index is 13.7. The molecule has 16 heavy (non-hydrogen) atoms. The predicted molar refractivity (Wildman–Crippen MR) is 64.1 cm³/mol. The van der Waals surface area contributed by atoms with E-state index in [2.05, 4.69) is 15.9 Å². The fraction of sp³-hybridized carbons (Fsp3) is 0.300. The van der Waals surface area contributed by atoms with Gasteiger partial charge in [0.05, 0.1) is 10.7 Å². The van der Waals surface area contributed by atoms with Gasteiger partial charge in [-0.3, -0.25) is 4.79 Å². The van der Waals surface area contributed by atoms with Crippen molar-refractivity contribution in [3.8, 4) is 0 Å². The van der Waals surface area contributed by atoms with Crippen LogP contribution in [0.3, 0.4) is 0 Å². The Bertz CT molecular complexity index is 431. The first-order valence-corrected chi connectivity index (χ1v) is 5.86. The van der Waals surface area contributed by atoms with Gasteiger partial charge < -0.3 is 10.6 Å². The largest absolute Gasteiger partial charge is 0.326 e. The molecule has 0 spiro atoms. The van der Waals surface area contributed by atoms with Crippen LogP contribution in [0, 0.1) is 5.82 Å². The molecule has 0 aliphatic carbocycles. The average molecular weight is 308 g/mol. The molecular weight excluding hydrogens is 298 g/mol. The van der Waals surface area contributed by atoms with Gasteiger partial charge in [-0.1, -0.05) is 27.5 Å². The molecule has 0 saturated carbocycles. The number of nitrogens with two attached hydrogens (primary N) is 1. The third-order valence-electron chi connectivity index (χ3n) is 2.41. The molecule has 1 aliphatic heterocycles. The molecule has 3 nitrogen and oxygen atoms in total. The lowest BCUT2D eigenvalue weighted by atomic mass is 10.3. The first kappa shape index (κ1) is 11.8. The van der Waals surface area contributed by atoms with Crippen LogP contribution in [0.4, 0.5) is 10.1 Å². The van der Waals surface area contributed by atoms with E-state index in [0.29, 0.717) is 11.0 Å². The minimum absolute atomic E-state index is 0.114. The number of hydrogen-bond acceptors (Lipinski definition) is 2. The van der Waals surface area contributed by atoms with Crippen molar-refractivity contribution in [2.75, 3.05) is 11.4 Å². The smallest absolute Gasteiger partial charge is 0.228 e. The van der Waals surface area contributed by atoms with Crippen LogP contribution in [-0.4, -0.2) is 18.5 Å². The van der Waals surface area contributed by atoms with E-state index < -0.39 is 5.82 Å². The number of amides is 1. The summed E-state index contributed by atoms with van der Waals surface area (Å²) in [4.78, 5) is 12.9. The van der Waals surface area contributed by atoms with Gasteiger partial charge in [0.15, 0.2) is 0 Å². The normalized spacial score (nSPS) is 20.6. The van der Waals surface area contributed by atoms with Gasteiger partial charge in [0.1, 0.15) is 5.82 Å². The van der Waals surface area contributed by atoms with E-state index in [1.54, 1.807) is 6.07 Å². The summed E-state index contributed by atoms with van der Waals surface area (Å²) in [6, 6.07) is 2.57. The predicted octanol–water partition coefficient (Wildman–Crippen LogP) is 2.31. The lowest BCUT2D eigenvalue weighted by molar-refractivity contribution is -0.117. The fourth-order valence-electron chi connectivity index (χ4n) is 1.74.